The number of hydrogen-bond acceptors (Lipinski definition) is 4. The number of allylic oxidation sites excluding steroid dienone is 1. The van der Waals surface area contributed by atoms with Gasteiger partial charge in [-0.3, -0.25) is 14.4 Å². The zero-order valence-corrected chi connectivity index (χ0v) is 21.5. The van der Waals surface area contributed by atoms with E-state index in [0.29, 0.717) is 19.3 Å². The van der Waals surface area contributed by atoms with E-state index in [-0.39, 0.29) is 40.2 Å². The van der Waals surface area contributed by atoms with Crippen molar-refractivity contribution in [2.45, 2.75) is 97.2 Å². The van der Waals surface area contributed by atoms with Gasteiger partial charge in [-0.25, -0.2) is 0 Å². The molecule has 1 N–H and O–H groups in total. The zero-order chi connectivity index (χ0) is 24.7. The van der Waals surface area contributed by atoms with Gasteiger partial charge in [0, 0.05) is 6.42 Å². The van der Waals surface area contributed by atoms with Gasteiger partial charge in [0.05, 0.1) is 16.5 Å². The molecule has 1 aromatic carbocycles. The Balaban J connectivity index is 1.58. The number of rotatable bonds is 3. The van der Waals surface area contributed by atoms with E-state index in [1.807, 2.05) is 13.0 Å². The summed E-state index contributed by atoms with van der Waals surface area (Å²) in [7, 11) is 0. The van der Waals surface area contributed by atoms with Crippen LogP contribution in [0.5, 0.6) is 0 Å². The molecule has 0 unspecified atom stereocenters. The molecule has 0 amide bonds. The Hall–Kier alpha value is -1.98. The van der Waals surface area contributed by atoms with E-state index >= 15 is 0 Å². The molecule has 0 radical (unpaired) electrons. The Morgan fingerprint density at radius 2 is 1.65 bits per heavy atom. The maximum Gasteiger partial charge on any atom is 0.309 e. The minimum Gasteiger partial charge on any atom is -0.481 e. The quantitative estimate of drug-likeness (QED) is 0.595. The molecule has 4 aliphatic rings. The van der Waals surface area contributed by atoms with Gasteiger partial charge in [0.2, 0.25) is 0 Å². The van der Waals surface area contributed by atoms with Crippen molar-refractivity contribution in [3.8, 4) is 0 Å². The number of carbonyl (C=O) groups excluding carboxylic acids is 1. The fraction of sp³-hybridized carbons (Fsp3) is 0.655. The lowest BCUT2D eigenvalue weighted by atomic mass is 9.45. The molecule has 184 valence electrons. The van der Waals surface area contributed by atoms with Gasteiger partial charge in [0.1, 0.15) is 6.10 Å². The SMILES string of the molecule is CC1(C)c2ccccc2C(C)(C)N1O[C@H]1C[C@@H]2[C@](C)(CCC[C@@]2(C)C(=O)O)[C@H]2CCC(=O)C=C12. The maximum absolute atomic E-state index is 12.6. The highest BCUT2D eigenvalue weighted by Crippen LogP contribution is 2.64. The first-order chi connectivity index (χ1) is 15.8. The normalized spacial score (nSPS) is 38.5. The van der Waals surface area contributed by atoms with Gasteiger partial charge in [-0.2, -0.15) is 5.06 Å². The van der Waals surface area contributed by atoms with E-state index < -0.39 is 11.4 Å². The fourth-order valence-electron chi connectivity index (χ4n) is 8.27. The van der Waals surface area contributed by atoms with Crippen molar-refractivity contribution in [3.63, 3.8) is 0 Å². The number of carbonyl (C=O) groups is 2. The first-order valence-electron chi connectivity index (χ1n) is 12.9. The molecule has 5 rings (SSSR count). The average Bonchev–Trinajstić information content (AvgIpc) is 2.92. The molecule has 2 fully saturated rings. The molecule has 0 bridgehead atoms. The second-order valence-electron chi connectivity index (χ2n) is 12.6. The molecule has 0 aromatic heterocycles. The summed E-state index contributed by atoms with van der Waals surface area (Å²) in [6.07, 6.45) is 6.14. The van der Waals surface area contributed by atoms with Crippen LogP contribution in [-0.4, -0.2) is 28.0 Å². The lowest BCUT2D eigenvalue weighted by molar-refractivity contribution is -0.293. The molecule has 2 saturated carbocycles. The predicted octanol–water partition coefficient (Wildman–Crippen LogP) is 5.98. The van der Waals surface area contributed by atoms with Gasteiger partial charge in [0.25, 0.3) is 0 Å². The summed E-state index contributed by atoms with van der Waals surface area (Å²) in [6.45, 7) is 13.0. The molecule has 34 heavy (non-hydrogen) atoms. The summed E-state index contributed by atoms with van der Waals surface area (Å²) in [5.74, 6) is -0.343. The number of hydrogen-bond donors (Lipinski definition) is 1. The van der Waals surface area contributed by atoms with Gasteiger partial charge in [0.15, 0.2) is 5.78 Å². The summed E-state index contributed by atoms with van der Waals surface area (Å²) in [5.41, 5.74) is 1.98. The van der Waals surface area contributed by atoms with E-state index in [0.717, 1.165) is 24.8 Å². The number of benzene rings is 1. The fourth-order valence-corrected chi connectivity index (χ4v) is 8.27. The summed E-state index contributed by atoms with van der Waals surface area (Å²) < 4.78 is 0. The van der Waals surface area contributed by atoms with Gasteiger partial charge in [-0.15, -0.1) is 0 Å². The number of carboxylic acid groups (broad SMARTS) is 1. The van der Waals surface area contributed by atoms with Gasteiger partial charge in [-0.1, -0.05) is 37.6 Å². The summed E-state index contributed by atoms with van der Waals surface area (Å²) >= 11 is 0. The topological polar surface area (TPSA) is 66.8 Å². The number of ketones is 1. The highest BCUT2D eigenvalue weighted by atomic mass is 16.7. The van der Waals surface area contributed by atoms with Crippen LogP contribution >= 0.6 is 0 Å². The number of fused-ring (bicyclic) bond motifs is 4. The van der Waals surface area contributed by atoms with Crippen LogP contribution in [0, 0.1) is 22.7 Å². The Morgan fingerprint density at radius 1 is 1.03 bits per heavy atom. The summed E-state index contributed by atoms with van der Waals surface area (Å²) in [4.78, 5) is 32.1. The van der Waals surface area contributed by atoms with E-state index in [9.17, 15) is 14.7 Å². The standard InChI is InChI=1S/C29H39NO4/c1-26(2)21-10-7-8-11-22(21)27(3,4)30(26)34-23-17-24-28(5,14-9-15-29(24,6)25(32)33)20-13-12-18(31)16-19(20)23/h7-8,10-11,16,20,23-24H,9,12-15,17H2,1-6H3,(H,32,33)/t20-,23-,24+,28+,29+/m0/s1. The van der Waals surface area contributed by atoms with Crippen LogP contribution in [0.2, 0.25) is 0 Å². The van der Waals surface area contributed by atoms with Crippen LogP contribution in [0.4, 0.5) is 0 Å². The first kappa shape index (κ1) is 23.7. The van der Waals surface area contributed by atoms with Crippen molar-refractivity contribution in [1.82, 2.24) is 5.06 Å². The lowest BCUT2D eigenvalue weighted by Gasteiger charge is -2.60. The highest BCUT2D eigenvalue weighted by Gasteiger charge is 2.61. The van der Waals surface area contributed by atoms with Crippen LogP contribution in [0.25, 0.3) is 0 Å². The van der Waals surface area contributed by atoms with E-state index in [1.165, 1.54) is 11.1 Å². The average molecular weight is 466 g/mol. The Morgan fingerprint density at radius 3 is 2.24 bits per heavy atom. The Kier molecular flexibility index (Phi) is 5.24. The van der Waals surface area contributed by atoms with E-state index in [2.05, 4.69) is 63.9 Å². The molecule has 0 spiro atoms. The van der Waals surface area contributed by atoms with Crippen LogP contribution in [0.15, 0.2) is 35.9 Å². The number of hydroxylamine groups is 2. The molecule has 5 heteroatoms. The monoisotopic (exact) mass is 465 g/mol. The first-order valence-corrected chi connectivity index (χ1v) is 12.9. The smallest absolute Gasteiger partial charge is 0.309 e. The number of aliphatic carboxylic acids is 1. The molecular formula is C29H39NO4. The van der Waals surface area contributed by atoms with E-state index in [4.69, 9.17) is 4.84 Å². The third-order valence-corrected chi connectivity index (χ3v) is 9.99. The van der Waals surface area contributed by atoms with Crippen molar-refractivity contribution >= 4 is 11.8 Å². The van der Waals surface area contributed by atoms with Crippen molar-refractivity contribution < 1.29 is 19.5 Å². The molecule has 1 aromatic rings. The third-order valence-electron chi connectivity index (χ3n) is 9.99. The molecule has 3 aliphatic carbocycles. The largest absolute Gasteiger partial charge is 0.481 e. The maximum atomic E-state index is 12.6. The molecular weight excluding hydrogens is 426 g/mol. The van der Waals surface area contributed by atoms with Gasteiger partial charge < -0.3 is 5.11 Å². The lowest BCUT2D eigenvalue weighted by Crippen LogP contribution is -2.58. The molecule has 1 heterocycles. The second-order valence-corrected chi connectivity index (χ2v) is 12.6. The highest BCUT2D eigenvalue weighted by molar-refractivity contribution is 5.91. The van der Waals surface area contributed by atoms with Crippen molar-refractivity contribution in [2.24, 2.45) is 22.7 Å². The minimum atomic E-state index is -0.777. The van der Waals surface area contributed by atoms with Crippen LogP contribution in [0.3, 0.4) is 0 Å². The van der Waals surface area contributed by atoms with Crippen LogP contribution in [0.1, 0.15) is 91.2 Å². The van der Waals surface area contributed by atoms with Crippen LogP contribution in [-0.2, 0) is 25.5 Å². The molecule has 5 atom stereocenters. The Labute approximate surface area is 203 Å². The van der Waals surface area contributed by atoms with Crippen molar-refractivity contribution in [3.05, 3.63) is 47.0 Å². The second kappa shape index (κ2) is 7.51. The molecule has 0 saturated heterocycles. The van der Waals surface area contributed by atoms with Gasteiger partial charge >= 0.3 is 5.97 Å². The van der Waals surface area contributed by atoms with E-state index in [1.54, 1.807) is 0 Å². The Bertz CT molecular complexity index is 1040. The van der Waals surface area contributed by atoms with Crippen molar-refractivity contribution in [1.29, 1.82) is 0 Å². The summed E-state index contributed by atoms with van der Waals surface area (Å²) in [6, 6.07) is 8.50. The minimum absolute atomic E-state index is 0.00260. The summed E-state index contributed by atoms with van der Waals surface area (Å²) in [5, 5.41) is 12.4. The number of carboxylic acids is 1. The van der Waals surface area contributed by atoms with Crippen LogP contribution < -0.4 is 0 Å². The number of nitrogens with zero attached hydrogens (tertiary/aromatic N) is 1. The molecule has 5 nitrogen and oxygen atoms in total. The molecule has 1 aliphatic heterocycles. The van der Waals surface area contributed by atoms with Crippen molar-refractivity contribution in [2.75, 3.05) is 0 Å². The van der Waals surface area contributed by atoms with Gasteiger partial charge in [-0.05, 0) is 100 Å². The predicted molar refractivity (Wildman–Crippen MR) is 131 cm³/mol. The zero-order valence-electron chi connectivity index (χ0n) is 21.5. The third kappa shape index (κ3) is 3.12.